The molecular weight excluding hydrogens is 280 g/mol. The van der Waals surface area contributed by atoms with E-state index >= 15 is 0 Å². The van der Waals surface area contributed by atoms with E-state index in [0.29, 0.717) is 19.5 Å². The third-order valence-corrected chi connectivity index (χ3v) is 4.00. The van der Waals surface area contributed by atoms with Crippen LogP contribution in [0.1, 0.15) is 13.3 Å². The molecule has 1 N–H and O–H groups in total. The first-order chi connectivity index (χ1) is 9.95. The van der Waals surface area contributed by atoms with Crippen LogP contribution < -0.4 is 0 Å². The number of amides is 2. The summed E-state index contributed by atoms with van der Waals surface area (Å²) in [5.41, 5.74) is 0. The van der Waals surface area contributed by atoms with Crippen LogP contribution in [-0.4, -0.2) is 78.4 Å². The van der Waals surface area contributed by atoms with Gasteiger partial charge in [0, 0.05) is 13.1 Å². The lowest BCUT2D eigenvalue weighted by Gasteiger charge is -2.35. The Labute approximate surface area is 122 Å². The van der Waals surface area contributed by atoms with Gasteiger partial charge in [-0.15, -0.1) is 0 Å². The van der Waals surface area contributed by atoms with Crippen LogP contribution in [-0.2, 0) is 19.1 Å². The molecule has 118 valence electrons. The zero-order valence-electron chi connectivity index (χ0n) is 12.2. The van der Waals surface area contributed by atoms with Crippen LogP contribution in [0.4, 0.5) is 4.79 Å². The van der Waals surface area contributed by atoms with Gasteiger partial charge in [-0.25, -0.2) is 14.4 Å². The molecule has 0 spiro atoms. The van der Waals surface area contributed by atoms with E-state index in [-0.39, 0.29) is 25.1 Å². The summed E-state index contributed by atoms with van der Waals surface area (Å²) in [6.45, 7) is 2.89. The van der Waals surface area contributed by atoms with E-state index in [1.807, 2.05) is 6.92 Å². The van der Waals surface area contributed by atoms with Gasteiger partial charge in [0.05, 0.1) is 20.3 Å². The molecule has 0 aromatic rings. The lowest BCUT2D eigenvalue weighted by molar-refractivity contribution is -0.158. The molecule has 0 saturated carbocycles. The second-order valence-corrected chi connectivity index (χ2v) is 5.35. The van der Waals surface area contributed by atoms with Crippen molar-refractivity contribution >= 4 is 18.0 Å². The van der Waals surface area contributed by atoms with Crippen LogP contribution in [0.15, 0.2) is 0 Å². The predicted octanol–water partition coefficient (Wildman–Crippen LogP) is -0.225. The normalized spacial score (nSPS) is 29.3. The molecule has 2 aliphatic heterocycles. The van der Waals surface area contributed by atoms with Crippen molar-refractivity contribution in [3.05, 3.63) is 0 Å². The number of aliphatic carboxylic acids is 1. The van der Waals surface area contributed by atoms with E-state index in [4.69, 9.17) is 4.74 Å². The Kier molecular flexibility index (Phi) is 4.66. The molecule has 2 aliphatic rings. The summed E-state index contributed by atoms with van der Waals surface area (Å²) in [7, 11) is 1.26. The second kappa shape index (κ2) is 6.30. The van der Waals surface area contributed by atoms with Crippen LogP contribution in [0, 0.1) is 5.92 Å². The summed E-state index contributed by atoms with van der Waals surface area (Å²) in [4.78, 5) is 38.1. The van der Waals surface area contributed by atoms with Crippen molar-refractivity contribution in [2.24, 2.45) is 5.92 Å². The van der Waals surface area contributed by atoms with Crippen molar-refractivity contribution in [1.29, 1.82) is 0 Å². The number of carbonyl (C=O) groups excluding carboxylic acids is 2. The summed E-state index contributed by atoms with van der Waals surface area (Å²) >= 11 is 0. The van der Waals surface area contributed by atoms with Gasteiger partial charge in [-0.3, -0.25) is 0 Å². The van der Waals surface area contributed by atoms with E-state index in [1.165, 1.54) is 16.9 Å². The summed E-state index contributed by atoms with van der Waals surface area (Å²) in [6.07, 6.45) is -0.149. The number of hydrogen-bond acceptors (Lipinski definition) is 5. The lowest BCUT2D eigenvalue weighted by atomic mass is 10.0. The number of carboxylic acids is 1. The zero-order valence-corrected chi connectivity index (χ0v) is 12.2. The molecule has 2 amide bonds. The van der Waals surface area contributed by atoms with Gasteiger partial charge in [-0.05, 0) is 12.3 Å². The number of hydrogen-bond donors (Lipinski definition) is 1. The topological polar surface area (TPSA) is 96.4 Å². The maximum atomic E-state index is 12.5. The Balaban J connectivity index is 2.05. The third kappa shape index (κ3) is 3.10. The maximum absolute atomic E-state index is 12.5. The number of esters is 1. The van der Waals surface area contributed by atoms with Crippen LogP contribution in [0.3, 0.4) is 0 Å². The van der Waals surface area contributed by atoms with Crippen LogP contribution in [0.5, 0.6) is 0 Å². The first-order valence-electron chi connectivity index (χ1n) is 6.93. The first-order valence-corrected chi connectivity index (χ1v) is 6.93. The van der Waals surface area contributed by atoms with Crippen LogP contribution >= 0.6 is 0 Å². The Morgan fingerprint density at radius 3 is 2.62 bits per heavy atom. The molecule has 2 rings (SSSR count). The number of carboxylic acid groups (broad SMARTS) is 1. The number of rotatable bonds is 2. The highest BCUT2D eigenvalue weighted by Crippen LogP contribution is 2.26. The highest BCUT2D eigenvalue weighted by Gasteiger charge is 2.42. The first kappa shape index (κ1) is 15.6. The molecule has 0 aliphatic carbocycles. The summed E-state index contributed by atoms with van der Waals surface area (Å²) in [5.74, 6) is -1.60. The molecule has 2 saturated heterocycles. The fraction of sp³-hybridized carbons (Fsp3) is 0.769. The van der Waals surface area contributed by atoms with Gasteiger partial charge in [0.15, 0.2) is 6.10 Å². The van der Waals surface area contributed by atoms with Crippen molar-refractivity contribution < 1.29 is 29.0 Å². The summed E-state index contributed by atoms with van der Waals surface area (Å²) < 4.78 is 9.88. The Bertz CT molecular complexity index is 440. The molecule has 8 heteroatoms. The number of urea groups is 1. The van der Waals surface area contributed by atoms with Crippen molar-refractivity contribution in [2.75, 3.05) is 33.4 Å². The second-order valence-electron chi connectivity index (χ2n) is 5.35. The van der Waals surface area contributed by atoms with Crippen molar-refractivity contribution in [2.45, 2.75) is 25.5 Å². The molecule has 3 atom stereocenters. The average molecular weight is 300 g/mol. The molecule has 0 bridgehead atoms. The maximum Gasteiger partial charge on any atom is 0.336 e. The number of ether oxygens (including phenoxy) is 2. The number of carbonyl (C=O) groups is 3. The zero-order chi connectivity index (χ0) is 15.6. The van der Waals surface area contributed by atoms with E-state index < -0.39 is 24.1 Å². The third-order valence-electron chi connectivity index (χ3n) is 4.00. The van der Waals surface area contributed by atoms with Crippen molar-refractivity contribution in [3.8, 4) is 0 Å². The largest absolute Gasteiger partial charge is 0.480 e. The summed E-state index contributed by atoms with van der Waals surface area (Å²) in [6, 6.07) is -1.17. The molecule has 3 unspecified atom stereocenters. The Hall–Kier alpha value is -1.83. The van der Waals surface area contributed by atoms with Crippen molar-refractivity contribution in [1.82, 2.24) is 9.80 Å². The molecule has 2 heterocycles. The molecular formula is C13H20N2O6. The Morgan fingerprint density at radius 2 is 2.00 bits per heavy atom. The van der Waals surface area contributed by atoms with Gasteiger partial charge < -0.3 is 24.4 Å². The highest BCUT2D eigenvalue weighted by atomic mass is 16.6. The standard InChI is InChI=1S/C13H20N2O6/c1-8-3-4-15(10(8)11(16)17)13(19)14-5-6-21-9(7-14)12(18)20-2/h8-10H,3-7H2,1-2H3,(H,16,17). The molecule has 0 aromatic heterocycles. The molecule has 0 radical (unpaired) electrons. The monoisotopic (exact) mass is 300 g/mol. The molecule has 2 fully saturated rings. The smallest absolute Gasteiger partial charge is 0.336 e. The molecule has 0 aromatic carbocycles. The minimum Gasteiger partial charge on any atom is -0.480 e. The van der Waals surface area contributed by atoms with E-state index in [2.05, 4.69) is 4.74 Å². The Morgan fingerprint density at radius 1 is 1.29 bits per heavy atom. The van der Waals surface area contributed by atoms with Gasteiger partial charge >= 0.3 is 18.0 Å². The van der Waals surface area contributed by atoms with Gasteiger partial charge in [0.1, 0.15) is 6.04 Å². The highest BCUT2D eigenvalue weighted by molar-refractivity contribution is 5.84. The average Bonchev–Trinajstić information content (AvgIpc) is 2.87. The lowest BCUT2D eigenvalue weighted by Crippen LogP contribution is -2.55. The van der Waals surface area contributed by atoms with E-state index in [1.54, 1.807) is 0 Å². The predicted molar refractivity (Wildman–Crippen MR) is 70.6 cm³/mol. The van der Waals surface area contributed by atoms with Gasteiger partial charge in [-0.2, -0.15) is 0 Å². The molecule has 21 heavy (non-hydrogen) atoms. The van der Waals surface area contributed by atoms with Gasteiger partial charge in [-0.1, -0.05) is 6.92 Å². The van der Waals surface area contributed by atoms with Crippen LogP contribution in [0.25, 0.3) is 0 Å². The SMILES string of the molecule is COC(=O)C1CN(C(=O)N2CCC(C)C2C(=O)O)CCO1. The van der Waals surface area contributed by atoms with Crippen LogP contribution in [0.2, 0.25) is 0 Å². The molecule has 8 nitrogen and oxygen atoms in total. The number of likely N-dealkylation sites (tertiary alicyclic amines) is 1. The van der Waals surface area contributed by atoms with E-state index in [0.717, 1.165) is 0 Å². The van der Waals surface area contributed by atoms with E-state index in [9.17, 15) is 19.5 Å². The minimum atomic E-state index is -0.994. The number of nitrogens with zero attached hydrogens (tertiary/aromatic N) is 2. The van der Waals surface area contributed by atoms with Crippen molar-refractivity contribution in [3.63, 3.8) is 0 Å². The minimum absolute atomic E-state index is 0.0797. The fourth-order valence-corrected chi connectivity index (χ4v) is 2.82. The van der Waals surface area contributed by atoms with Gasteiger partial charge in [0.25, 0.3) is 0 Å². The number of morpholine rings is 1. The number of methoxy groups -OCH3 is 1. The summed E-state index contributed by atoms with van der Waals surface area (Å²) in [5, 5.41) is 9.27. The van der Waals surface area contributed by atoms with Gasteiger partial charge in [0.2, 0.25) is 0 Å². The quantitative estimate of drug-likeness (QED) is 0.708. The fourth-order valence-electron chi connectivity index (χ4n) is 2.82.